The third-order valence-electron chi connectivity index (χ3n) is 20.8. The monoisotopic (exact) mass is 1170 g/mol. The van der Waals surface area contributed by atoms with Crippen molar-refractivity contribution in [1.82, 2.24) is 18.3 Å². The molecule has 0 saturated heterocycles. The number of fused-ring (bicyclic) bond motifs is 18. The largest absolute Gasteiger partial charge is 0.309 e. The molecule has 430 valence electrons. The highest BCUT2D eigenvalue weighted by atomic mass is 15.0. The Bertz CT molecular complexity index is 5820. The maximum absolute atomic E-state index is 11.8. The Hall–Kier alpha value is -12.0. The minimum Gasteiger partial charge on any atom is -0.309 e. The zero-order valence-electron chi connectivity index (χ0n) is 51.1. The van der Waals surface area contributed by atoms with Gasteiger partial charge in [0.2, 0.25) is 0 Å². The van der Waals surface area contributed by atoms with Crippen LogP contribution in [-0.4, -0.2) is 18.3 Å². The summed E-state index contributed by atoms with van der Waals surface area (Å²) in [5, 5.41) is 32.7. The summed E-state index contributed by atoms with van der Waals surface area (Å²) in [4.78, 5) is 0. The number of nitriles is 2. The van der Waals surface area contributed by atoms with Crippen LogP contribution >= 0.6 is 0 Å². The van der Waals surface area contributed by atoms with Gasteiger partial charge < -0.3 is 18.3 Å². The molecule has 6 heteroatoms. The average molecular weight is 1170 g/mol. The van der Waals surface area contributed by atoms with Crippen molar-refractivity contribution in [2.75, 3.05) is 0 Å². The number of hydrogen-bond acceptors (Lipinski definition) is 2. The smallest absolute Gasteiger partial charge is 0.101 e. The minimum atomic E-state index is -0.291. The maximum atomic E-state index is 11.8. The molecule has 6 nitrogen and oxygen atoms in total. The molecule has 0 aliphatic heterocycles. The molecule has 92 heavy (non-hydrogen) atoms. The van der Waals surface area contributed by atoms with Gasteiger partial charge in [0.1, 0.15) is 12.1 Å². The molecule has 19 rings (SSSR count). The molecule has 0 amide bonds. The topological polar surface area (TPSA) is 67.3 Å². The van der Waals surface area contributed by atoms with Crippen LogP contribution < -0.4 is 0 Å². The fourth-order valence-corrected chi connectivity index (χ4v) is 16.4. The summed E-state index contributed by atoms with van der Waals surface area (Å²) in [6.07, 6.45) is 0. The lowest BCUT2D eigenvalue weighted by molar-refractivity contribution is 0.661. The molecular weight excluding hydrogens is 1120 g/mol. The second-order valence-corrected chi connectivity index (χ2v) is 26.3. The van der Waals surface area contributed by atoms with E-state index in [1.807, 2.05) is 12.1 Å². The summed E-state index contributed by atoms with van der Waals surface area (Å²) in [6.45, 7) is 9.27. The van der Waals surface area contributed by atoms with E-state index in [1.54, 1.807) is 0 Å². The molecule has 17 aromatic rings. The van der Waals surface area contributed by atoms with E-state index in [9.17, 15) is 10.5 Å². The third-order valence-corrected chi connectivity index (χ3v) is 20.8. The number of benzene rings is 13. The van der Waals surface area contributed by atoms with E-state index in [4.69, 9.17) is 0 Å². The summed E-state index contributed by atoms with van der Waals surface area (Å²) < 4.78 is 9.26. The number of hydrogen-bond donors (Lipinski definition) is 0. The second kappa shape index (κ2) is 18.8. The van der Waals surface area contributed by atoms with Gasteiger partial charge in [0.25, 0.3) is 0 Å². The van der Waals surface area contributed by atoms with Crippen LogP contribution in [0.15, 0.2) is 267 Å². The highest BCUT2D eigenvalue weighted by molar-refractivity contribution is 6.16. The van der Waals surface area contributed by atoms with E-state index in [2.05, 4.69) is 313 Å². The third kappa shape index (κ3) is 7.07. The van der Waals surface area contributed by atoms with Gasteiger partial charge in [0.05, 0.1) is 66.6 Å². The van der Waals surface area contributed by atoms with Crippen molar-refractivity contribution in [2.45, 2.75) is 38.5 Å². The van der Waals surface area contributed by atoms with Crippen molar-refractivity contribution in [2.24, 2.45) is 0 Å². The number of rotatable bonds is 6. The molecule has 2 aliphatic carbocycles. The summed E-state index contributed by atoms with van der Waals surface area (Å²) in [7, 11) is 0. The highest BCUT2D eigenvalue weighted by Gasteiger charge is 2.38. The predicted octanol–water partition coefficient (Wildman–Crippen LogP) is 21.8. The van der Waals surface area contributed by atoms with Crippen LogP contribution in [0.25, 0.3) is 154 Å². The molecule has 0 atom stereocenters. The van der Waals surface area contributed by atoms with Crippen LogP contribution in [0.2, 0.25) is 0 Å². The lowest BCUT2D eigenvalue weighted by Crippen LogP contribution is -2.15. The molecule has 2 aliphatic rings. The van der Waals surface area contributed by atoms with Crippen LogP contribution in [-0.2, 0) is 10.8 Å². The van der Waals surface area contributed by atoms with Crippen LogP contribution in [0.5, 0.6) is 0 Å². The molecule has 0 unspecified atom stereocenters. The predicted molar refractivity (Wildman–Crippen MR) is 379 cm³/mol. The molecule has 0 spiro atoms. The van der Waals surface area contributed by atoms with Crippen LogP contribution in [0.4, 0.5) is 0 Å². The van der Waals surface area contributed by atoms with Gasteiger partial charge in [0.15, 0.2) is 0 Å². The number of para-hydroxylation sites is 4. The molecule has 0 bridgehead atoms. The van der Waals surface area contributed by atoms with Gasteiger partial charge in [-0.25, -0.2) is 0 Å². The number of aromatic nitrogens is 4. The Kier molecular flexibility index (Phi) is 10.6. The molecule has 4 heterocycles. The normalized spacial score (nSPS) is 13.6. The summed E-state index contributed by atoms with van der Waals surface area (Å²) in [5.41, 5.74) is 26.7. The second-order valence-electron chi connectivity index (χ2n) is 26.3. The van der Waals surface area contributed by atoms with Crippen molar-refractivity contribution in [1.29, 1.82) is 10.5 Å². The van der Waals surface area contributed by atoms with Gasteiger partial charge in [-0.1, -0.05) is 185 Å². The van der Waals surface area contributed by atoms with E-state index in [1.165, 1.54) is 66.1 Å². The quantitative estimate of drug-likeness (QED) is 0.166. The molecular formula is C86H56N6. The molecule has 4 aromatic heterocycles. The Morgan fingerprint density at radius 3 is 1.02 bits per heavy atom. The van der Waals surface area contributed by atoms with E-state index in [0.717, 1.165) is 99.3 Å². The van der Waals surface area contributed by atoms with Crippen LogP contribution in [0.1, 0.15) is 61.1 Å². The van der Waals surface area contributed by atoms with Crippen molar-refractivity contribution >= 4 is 87.2 Å². The van der Waals surface area contributed by atoms with Crippen LogP contribution in [0.3, 0.4) is 0 Å². The van der Waals surface area contributed by atoms with Gasteiger partial charge in [-0.2, -0.15) is 10.5 Å². The standard InChI is InChI=1S/C86H56N6/c1-85(2)71-27-15-11-23-59(71)65-45-69-67-39-51(53-31-35-63-61-25-13-17-29-75(61)89(81(63)41-53)57-19-7-5-8-20-57)33-37-77(67)91(83(69)47-73(65)85)79-43-56(50-88)80(44-55(79)49-87)92-78-38-34-52(40-68(78)70-46-66-60-24-12-16-28-72(60)86(3,4)74(66)48-84(70)92)54-32-36-64-62-26-14-18-30-76(62)90(82(64)42-54)58-21-9-6-10-22-58/h5-48H,1-4H3. The summed E-state index contributed by atoms with van der Waals surface area (Å²) >= 11 is 0. The zero-order valence-corrected chi connectivity index (χ0v) is 51.1. The van der Waals surface area contributed by atoms with Gasteiger partial charge in [-0.05, 0) is 176 Å². The van der Waals surface area contributed by atoms with Crippen molar-refractivity contribution in [3.8, 4) is 79.4 Å². The average Bonchev–Trinajstić information content (AvgIpc) is 1.66. The molecule has 0 fully saturated rings. The van der Waals surface area contributed by atoms with E-state index in [0.29, 0.717) is 22.5 Å². The Balaban J connectivity index is 0.832. The maximum Gasteiger partial charge on any atom is 0.101 e. The van der Waals surface area contributed by atoms with E-state index in [-0.39, 0.29) is 10.8 Å². The first-order valence-corrected chi connectivity index (χ1v) is 31.7. The minimum absolute atomic E-state index is 0.291. The first-order valence-electron chi connectivity index (χ1n) is 31.7. The molecule has 0 radical (unpaired) electrons. The summed E-state index contributed by atoms with van der Waals surface area (Å²) in [6, 6.07) is 102. The SMILES string of the molecule is CC1(C)c2ccccc2-c2cc3c4cc(-c5ccc6c7ccccc7n(-c7ccccc7)c6c5)ccc4n(-c4cc(C#N)c(-n5c6ccc(-c7ccc8c9ccccc9n(-c9ccccc9)c8c7)cc6c6cc7c(cc65)C(C)(C)c5ccccc5-7)cc4C#N)c3cc21. The van der Waals surface area contributed by atoms with Gasteiger partial charge in [-0.3, -0.25) is 0 Å². The van der Waals surface area contributed by atoms with Gasteiger partial charge in [-0.15, -0.1) is 0 Å². The van der Waals surface area contributed by atoms with Gasteiger partial charge in [0, 0.05) is 65.3 Å². The first kappa shape index (κ1) is 52.0. The Labute approximate surface area is 531 Å². The fourth-order valence-electron chi connectivity index (χ4n) is 16.4. The summed E-state index contributed by atoms with van der Waals surface area (Å²) in [5.74, 6) is 0. The molecule has 0 N–H and O–H groups in total. The fraction of sp³-hybridized carbons (Fsp3) is 0.0698. The Morgan fingerprint density at radius 1 is 0.250 bits per heavy atom. The van der Waals surface area contributed by atoms with Crippen molar-refractivity contribution in [3.63, 3.8) is 0 Å². The van der Waals surface area contributed by atoms with Gasteiger partial charge >= 0.3 is 0 Å². The Morgan fingerprint density at radius 2 is 0.587 bits per heavy atom. The highest BCUT2D eigenvalue weighted by Crippen LogP contribution is 2.54. The lowest BCUT2D eigenvalue weighted by Gasteiger charge is -2.22. The first-order chi connectivity index (χ1) is 45.0. The van der Waals surface area contributed by atoms with Crippen molar-refractivity contribution in [3.05, 3.63) is 300 Å². The van der Waals surface area contributed by atoms with E-state index >= 15 is 0 Å². The molecule has 13 aromatic carbocycles. The molecule has 0 saturated carbocycles. The van der Waals surface area contributed by atoms with E-state index < -0.39 is 0 Å². The van der Waals surface area contributed by atoms with Crippen molar-refractivity contribution < 1.29 is 0 Å². The van der Waals surface area contributed by atoms with Crippen LogP contribution in [0, 0.1) is 22.7 Å². The number of nitrogens with zero attached hydrogens (tertiary/aromatic N) is 6. The zero-order chi connectivity index (χ0) is 61.5. The lowest BCUT2D eigenvalue weighted by atomic mass is 9.82.